The van der Waals surface area contributed by atoms with Crippen molar-refractivity contribution in [3.63, 3.8) is 0 Å². The summed E-state index contributed by atoms with van der Waals surface area (Å²) in [6, 6.07) is 0. The number of hydrogen-bond donors (Lipinski definition) is 2. The molecule has 15 heavy (non-hydrogen) atoms. The minimum Gasteiger partial charge on any atom is -0.356 e. The molecule has 0 aromatic heterocycles. The van der Waals surface area contributed by atoms with Gasteiger partial charge in [0.25, 0.3) is 0 Å². The molecule has 1 aliphatic carbocycles. The fourth-order valence-electron chi connectivity index (χ4n) is 1.93. The molecule has 3 heteroatoms. The van der Waals surface area contributed by atoms with Crippen LogP contribution in [0, 0.1) is 5.92 Å². The van der Waals surface area contributed by atoms with Crippen molar-refractivity contribution in [2.45, 2.75) is 57.9 Å². The standard InChI is InChI=1S/C12H24N2O/c1-10(2)5-3-8-14-11(15)9-12(13)6-4-7-12/h10H,3-9,13H2,1-2H3,(H,14,15). The number of hydrogen-bond acceptors (Lipinski definition) is 2. The van der Waals surface area contributed by atoms with E-state index in [-0.39, 0.29) is 11.4 Å². The molecule has 3 N–H and O–H groups in total. The average molecular weight is 212 g/mol. The molecular weight excluding hydrogens is 188 g/mol. The lowest BCUT2D eigenvalue weighted by atomic mass is 9.75. The summed E-state index contributed by atoms with van der Waals surface area (Å²) in [6.45, 7) is 5.20. The second kappa shape index (κ2) is 5.50. The van der Waals surface area contributed by atoms with Gasteiger partial charge < -0.3 is 11.1 Å². The summed E-state index contributed by atoms with van der Waals surface area (Å²) in [5, 5.41) is 2.94. The summed E-state index contributed by atoms with van der Waals surface area (Å²) >= 11 is 0. The maximum Gasteiger partial charge on any atom is 0.221 e. The Morgan fingerprint density at radius 3 is 2.60 bits per heavy atom. The first-order chi connectivity index (χ1) is 7.02. The molecule has 1 amide bonds. The molecule has 1 fully saturated rings. The second-order valence-electron chi connectivity index (χ2n) is 5.28. The topological polar surface area (TPSA) is 55.1 Å². The maximum absolute atomic E-state index is 11.5. The van der Waals surface area contributed by atoms with Crippen LogP contribution in [0.3, 0.4) is 0 Å². The third kappa shape index (κ3) is 4.65. The molecule has 88 valence electrons. The Morgan fingerprint density at radius 1 is 1.47 bits per heavy atom. The zero-order valence-corrected chi connectivity index (χ0v) is 10.0. The highest BCUT2D eigenvalue weighted by atomic mass is 16.1. The first-order valence-corrected chi connectivity index (χ1v) is 6.07. The molecule has 0 aliphatic heterocycles. The van der Waals surface area contributed by atoms with Crippen LogP contribution in [-0.4, -0.2) is 18.0 Å². The fraction of sp³-hybridized carbons (Fsp3) is 0.917. The van der Waals surface area contributed by atoms with E-state index in [0.29, 0.717) is 6.42 Å². The van der Waals surface area contributed by atoms with E-state index in [0.717, 1.165) is 31.7 Å². The molecule has 0 atom stereocenters. The van der Waals surface area contributed by atoms with E-state index in [1.807, 2.05) is 0 Å². The molecule has 0 bridgehead atoms. The molecule has 0 radical (unpaired) electrons. The van der Waals surface area contributed by atoms with Crippen molar-refractivity contribution < 1.29 is 4.79 Å². The van der Waals surface area contributed by atoms with E-state index >= 15 is 0 Å². The normalized spacial score (nSPS) is 18.7. The number of nitrogens with one attached hydrogen (secondary N) is 1. The van der Waals surface area contributed by atoms with E-state index in [1.54, 1.807) is 0 Å². The van der Waals surface area contributed by atoms with E-state index in [9.17, 15) is 4.79 Å². The van der Waals surface area contributed by atoms with Gasteiger partial charge >= 0.3 is 0 Å². The molecule has 0 saturated heterocycles. The Hall–Kier alpha value is -0.570. The van der Waals surface area contributed by atoms with Crippen molar-refractivity contribution in [3.8, 4) is 0 Å². The quantitative estimate of drug-likeness (QED) is 0.660. The lowest BCUT2D eigenvalue weighted by Crippen LogP contribution is -2.50. The summed E-state index contributed by atoms with van der Waals surface area (Å²) in [4.78, 5) is 11.5. The molecule has 1 aliphatic rings. The molecule has 1 saturated carbocycles. The lowest BCUT2D eigenvalue weighted by molar-refractivity contribution is -0.123. The molecule has 1 rings (SSSR count). The average Bonchev–Trinajstić information content (AvgIpc) is 2.09. The van der Waals surface area contributed by atoms with Crippen LogP contribution in [0.25, 0.3) is 0 Å². The Balaban J connectivity index is 2.03. The van der Waals surface area contributed by atoms with Gasteiger partial charge in [-0.05, 0) is 38.0 Å². The Kier molecular flexibility index (Phi) is 4.58. The number of carbonyl (C=O) groups excluding carboxylic acids is 1. The molecule has 3 nitrogen and oxygen atoms in total. The number of rotatable bonds is 6. The van der Waals surface area contributed by atoms with Crippen molar-refractivity contribution in [1.82, 2.24) is 5.32 Å². The van der Waals surface area contributed by atoms with Gasteiger partial charge in [-0.3, -0.25) is 4.79 Å². The predicted molar refractivity (Wildman–Crippen MR) is 62.5 cm³/mol. The molecule has 0 spiro atoms. The summed E-state index contributed by atoms with van der Waals surface area (Å²) < 4.78 is 0. The van der Waals surface area contributed by atoms with E-state index in [1.165, 1.54) is 12.8 Å². The molecule has 0 aromatic rings. The molecule has 0 unspecified atom stereocenters. The van der Waals surface area contributed by atoms with E-state index in [4.69, 9.17) is 5.73 Å². The second-order valence-corrected chi connectivity index (χ2v) is 5.28. The van der Waals surface area contributed by atoms with E-state index in [2.05, 4.69) is 19.2 Å². The van der Waals surface area contributed by atoms with E-state index < -0.39 is 0 Å². The van der Waals surface area contributed by atoms with Crippen molar-refractivity contribution in [3.05, 3.63) is 0 Å². The molecule has 0 aromatic carbocycles. The van der Waals surface area contributed by atoms with Gasteiger partial charge in [-0.25, -0.2) is 0 Å². The Bertz CT molecular complexity index is 210. The third-order valence-electron chi connectivity index (χ3n) is 3.14. The minimum atomic E-state index is -0.178. The van der Waals surface area contributed by atoms with Gasteiger partial charge in [-0.15, -0.1) is 0 Å². The summed E-state index contributed by atoms with van der Waals surface area (Å²) in [5.74, 6) is 0.843. The van der Waals surface area contributed by atoms with Gasteiger partial charge in [0.2, 0.25) is 5.91 Å². The van der Waals surface area contributed by atoms with Gasteiger partial charge in [-0.1, -0.05) is 13.8 Å². The van der Waals surface area contributed by atoms with Gasteiger partial charge in [0.15, 0.2) is 0 Å². The SMILES string of the molecule is CC(C)CCCNC(=O)CC1(N)CCC1. The van der Waals surface area contributed by atoms with Crippen molar-refractivity contribution in [1.29, 1.82) is 0 Å². The Morgan fingerprint density at radius 2 is 2.13 bits per heavy atom. The van der Waals surface area contributed by atoms with Crippen LogP contribution in [0.15, 0.2) is 0 Å². The molecule has 0 heterocycles. The third-order valence-corrected chi connectivity index (χ3v) is 3.14. The number of amides is 1. The van der Waals surface area contributed by atoms with Crippen molar-refractivity contribution in [2.75, 3.05) is 6.54 Å². The highest BCUT2D eigenvalue weighted by Crippen LogP contribution is 2.31. The Labute approximate surface area is 92.8 Å². The highest BCUT2D eigenvalue weighted by molar-refractivity contribution is 5.77. The largest absolute Gasteiger partial charge is 0.356 e. The monoisotopic (exact) mass is 212 g/mol. The molecular formula is C12H24N2O. The van der Waals surface area contributed by atoms with Gasteiger partial charge in [0.05, 0.1) is 0 Å². The predicted octanol–water partition coefficient (Wildman–Crippen LogP) is 1.81. The smallest absolute Gasteiger partial charge is 0.221 e. The number of nitrogens with two attached hydrogens (primary N) is 1. The zero-order valence-electron chi connectivity index (χ0n) is 10.0. The summed E-state index contributed by atoms with van der Waals surface area (Å²) in [6.07, 6.45) is 5.94. The van der Waals surface area contributed by atoms with Gasteiger partial charge in [-0.2, -0.15) is 0 Å². The minimum absolute atomic E-state index is 0.126. The zero-order chi connectivity index (χ0) is 11.3. The van der Waals surface area contributed by atoms with Gasteiger partial charge in [0, 0.05) is 18.5 Å². The van der Waals surface area contributed by atoms with Crippen LogP contribution in [0.1, 0.15) is 52.4 Å². The first kappa shape index (κ1) is 12.5. The van der Waals surface area contributed by atoms with Crippen LogP contribution < -0.4 is 11.1 Å². The lowest BCUT2D eigenvalue weighted by Gasteiger charge is -2.37. The highest BCUT2D eigenvalue weighted by Gasteiger charge is 2.34. The summed E-state index contributed by atoms with van der Waals surface area (Å²) in [5.41, 5.74) is 5.82. The van der Waals surface area contributed by atoms with Crippen LogP contribution in [0.2, 0.25) is 0 Å². The number of carbonyl (C=O) groups is 1. The van der Waals surface area contributed by atoms with Crippen molar-refractivity contribution >= 4 is 5.91 Å². The van der Waals surface area contributed by atoms with Crippen LogP contribution in [-0.2, 0) is 4.79 Å². The van der Waals surface area contributed by atoms with Crippen LogP contribution >= 0.6 is 0 Å². The maximum atomic E-state index is 11.5. The first-order valence-electron chi connectivity index (χ1n) is 6.07. The van der Waals surface area contributed by atoms with Crippen LogP contribution in [0.5, 0.6) is 0 Å². The van der Waals surface area contributed by atoms with Crippen LogP contribution in [0.4, 0.5) is 0 Å². The van der Waals surface area contributed by atoms with Crippen molar-refractivity contribution in [2.24, 2.45) is 11.7 Å². The summed E-state index contributed by atoms with van der Waals surface area (Å²) in [7, 11) is 0. The van der Waals surface area contributed by atoms with Gasteiger partial charge in [0.1, 0.15) is 0 Å². The fourth-order valence-corrected chi connectivity index (χ4v) is 1.93.